The normalized spacial score (nSPS) is 13.9. The number of carbonyl (C=O) groups is 2. The largest absolute Gasteiger partial charge is 0.465 e. The van der Waals surface area contributed by atoms with Gasteiger partial charge in [-0.25, -0.2) is 14.3 Å². The van der Waals surface area contributed by atoms with E-state index in [9.17, 15) is 9.59 Å². The van der Waals surface area contributed by atoms with Crippen molar-refractivity contribution in [3.8, 4) is 16.9 Å². The number of benzene rings is 2. The summed E-state index contributed by atoms with van der Waals surface area (Å²) in [5, 5.41) is 4.63. The molecule has 0 saturated carbocycles. The van der Waals surface area contributed by atoms with Gasteiger partial charge in [0.1, 0.15) is 11.3 Å². The summed E-state index contributed by atoms with van der Waals surface area (Å²) in [6.45, 7) is 3.15. The maximum atomic E-state index is 12.7. The van der Waals surface area contributed by atoms with Crippen molar-refractivity contribution in [2.75, 3.05) is 27.3 Å². The van der Waals surface area contributed by atoms with Gasteiger partial charge in [-0.2, -0.15) is 5.10 Å². The summed E-state index contributed by atoms with van der Waals surface area (Å²) in [7, 11) is 2.56. The van der Waals surface area contributed by atoms with E-state index in [4.69, 9.17) is 9.47 Å². The topological polar surface area (TPSA) is 73.7 Å². The van der Waals surface area contributed by atoms with Crippen LogP contribution in [0.2, 0.25) is 0 Å². The van der Waals surface area contributed by atoms with Crippen molar-refractivity contribution in [1.82, 2.24) is 14.7 Å². The molecule has 0 spiro atoms. The molecule has 0 unspecified atom stereocenters. The zero-order valence-corrected chi connectivity index (χ0v) is 17.7. The van der Waals surface area contributed by atoms with E-state index in [1.165, 1.54) is 37.3 Å². The molecule has 4 rings (SSSR count). The molecule has 0 atom stereocenters. The van der Waals surface area contributed by atoms with Crippen molar-refractivity contribution in [3.63, 3.8) is 0 Å². The zero-order chi connectivity index (χ0) is 21.8. The quantitative estimate of drug-likeness (QED) is 0.567. The van der Waals surface area contributed by atoms with Crippen LogP contribution < -0.4 is 0 Å². The van der Waals surface area contributed by atoms with Crippen LogP contribution in [0.5, 0.6) is 0 Å². The number of hydrogen-bond donors (Lipinski definition) is 0. The monoisotopic (exact) mass is 419 g/mol. The highest BCUT2D eigenvalue weighted by Crippen LogP contribution is 2.29. The van der Waals surface area contributed by atoms with Crippen LogP contribution in [0, 0.1) is 0 Å². The Morgan fingerprint density at radius 2 is 1.55 bits per heavy atom. The number of ether oxygens (including phenoxy) is 2. The lowest BCUT2D eigenvalue weighted by Crippen LogP contribution is -2.18. The third kappa shape index (κ3) is 4.22. The second-order valence-electron chi connectivity index (χ2n) is 7.48. The third-order valence-corrected chi connectivity index (χ3v) is 5.49. The molecule has 160 valence electrons. The summed E-state index contributed by atoms with van der Waals surface area (Å²) in [4.78, 5) is 27.8. The van der Waals surface area contributed by atoms with Gasteiger partial charge in [-0.15, -0.1) is 0 Å². The molecule has 3 aromatic rings. The standard InChI is InChI=1S/C24H25N3O4/c1-30-23(28)20-21(18-12-10-17(11-13-18)16-26-14-6-7-15-26)25-27(22(20)24(29)31-2)19-8-4-3-5-9-19/h3-5,8-13H,6-7,14-16H2,1-2H3. The highest BCUT2D eigenvalue weighted by molar-refractivity contribution is 6.06. The first-order chi connectivity index (χ1) is 15.1. The van der Waals surface area contributed by atoms with Gasteiger partial charge in [-0.1, -0.05) is 42.5 Å². The lowest BCUT2D eigenvalue weighted by atomic mass is 10.0. The molecule has 1 aromatic heterocycles. The molecule has 1 aliphatic rings. The Balaban J connectivity index is 1.80. The van der Waals surface area contributed by atoms with Gasteiger partial charge >= 0.3 is 11.9 Å². The Morgan fingerprint density at radius 1 is 0.903 bits per heavy atom. The first-order valence-corrected chi connectivity index (χ1v) is 10.3. The summed E-state index contributed by atoms with van der Waals surface area (Å²) in [6.07, 6.45) is 2.49. The predicted molar refractivity (Wildman–Crippen MR) is 116 cm³/mol. The first kappa shape index (κ1) is 20.8. The van der Waals surface area contributed by atoms with Crippen molar-refractivity contribution >= 4 is 11.9 Å². The second-order valence-corrected chi connectivity index (χ2v) is 7.48. The number of likely N-dealkylation sites (tertiary alicyclic amines) is 1. The highest BCUT2D eigenvalue weighted by atomic mass is 16.5. The molecule has 0 aliphatic carbocycles. The van der Waals surface area contributed by atoms with Crippen molar-refractivity contribution in [3.05, 3.63) is 71.4 Å². The summed E-state index contributed by atoms with van der Waals surface area (Å²) in [5.41, 5.74) is 3.07. The Kier molecular flexibility index (Phi) is 6.13. The molecule has 2 aromatic carbocycles. The first-order valence-electron chi connectivity index (χ1n) is 10.3. The molecular weight excluding hydrogens is 394 g/mol. The Labute approximate surface area is 181 Å². The van der Waals surface area contributed by atoms with E-state index < -0.39 is 11.9 Å². The molecule has 1 aliphatic heterocycles. The third-order valence-electron chi connectivity index (χ3n) is 5.49. The minimum Gasteiger partial charge on any atom is -0.465 e. The fourth-order valence-electron chi connectivity index (χ4n) is 3.92. The maximum Gasteiger partial charge on any atom is 0.357 e. The number of carbonyl (C=O) groups excluding carboxylic acids is 2. The number of para-hydroxylation sites is 1. The molecule has 0 bridgehead atoms. The molecule has 2 heterocycles. The number of rotatable bonds is 6. The summed E-state index contributed by atoms with van der Waals surface area (Å²) in [5.74, 6) is -1.30. The number of methoxy groups -OCH3 is 2. The molecule has 0 radical (unpaired) electrons. The molecule has 0 amide bonds. The lowest BCUT2D eigenvalue weighted by molar-refractivity contribution is 0.0549. The van der Waals surface area contributed by atoms with Gasteiger partial charge in [0.15, 0.2) is 5.69 Å². The van der Waals surface area contributed by atoms with Crippen LogP contribution in [0.4, 0.5) is 0 Å². The Bertz CT molecular complexity index is 1070. The summed E-state index contributed by atoms with van der Waals surface area (Å²) >= 11 is 0. The zero-order valence-electron chi connectivity index (χ0n) is 17.7. The van der Waals surface area contributed by atoms with E-state index in [0.29, 0.717) is 11.4 Å². The van der Waals surface area contributed by atoms with Crippen molar-refractivity contribution in [1.29, 1.82) is 0 Å². The summed E-state index contributed by atoms with van der Waals surface area (Å²) in [6, 6.07) is 17.1. The number of hydrogen-bond acceptors (Lipinski definition) is 6. The molecule has 31 heavy (non-hydrogen) atoms. The fourth-order valence-corrected chi connectivity index (χ4v) is 3.92. The van der Waals surface area contributed by atoms with E-state index in [1.54, 1.807) is 0 Å². The van der Waals surface area contributed by atoms with Gasteiger partial charge in [-0.3, -0.25) is 4.90 Å². The van der Waals surface area contributed by atoms with E-state index in [2.05, 4.69) is 10.00 Å². The molecule has 7 nitrogen and oxygen atoms in total. The Hall–Kier alpha value is -3.45. The number of esters is 2. The average Bonchev–Trinajstić information content (AvgIpc) is 3.47. The van der Waals surface area contributed by atoms with Gasteiger partial charge in [0.05, 0.1) is 19.9 Å². The van der Waals surface area contributed by atoms with Gasteiger partial charge in [-0.05, 0) is 43.6 Å². The molecule has 0 N–H and O–H groups in total. The number of nitrogens with zero attached hydrogens (tertiary/aromatic N) is 3. The number of aromatic nitrogens is 2. The van der Waals surface area contributed by atoms with E-state index in [-0.39, 0.29) is 11.3 Å². The van der Waals surface area contributed by atoms with Crippen LogP contribution in [0.3, 0.4) is 0 Å². The second kappa shape index (κ2) is 9.14. The van der Waals surface area contributed by atoms with E-state index in [0.717, 1.165) is 25.2 Å². The average molecular weight is 419 g/mol. The van der Waals surface area contributed by atoms with Crippen LogP contribution >= 0.6 is 0 Å². The summed E-state index contributed by atoms with van der Waals surface area (Å²) < 4.78 is 11.4. The molecule has 7 heteroatoms. The van der Waals surface area contributed by atoms with Crippen LogP contribution in [0.15, 0.2) is 54.6 Å². The highest BCUT2D eigenvalue weighted by Gasteiger charge is 2.31. The SMILES string of the molecule is COC(=O)c1c(-c2ccc(CN3CCCC3)cc2)nn(-c2ccccc2)c1C(=O)OC. The van der Waals surface area contributed by atoms with E-state index >= 15 is 0 Å². The minimum atomic E-state index is -0.659. The van der Waals surface area contributed by atoms with Crippen molar-refractivity contribution in [2.24, 2.45) is 0 Å². The van der Waals surface area contributed by atoms with Gasteiger partial charge in [0, 0.05) is 12.1 Å². The minimum absolute atomic E-state index is 0.0386. The van der Waals surface area contributed by atoms with Gasteiger partial charge < -0.3 is 9.47 Å². The van der Waals surface area contributed by atoms with Gasteiger partial charge in [0.2, 0.25) is 0 Å². The molecular formula is C24H25N3O4. The predicted octanol–water partition coefficient (Wildman–Crippen LogP) is 3.71. The van der Waals surface area contributed by atoms with Crippen LogP contribution in [-0.4, -0.2) is 53.9 Å². The van der Waals surface area contributed by atoms with Crippen molar-refractivity contribution in [2.45, 2.75) is 19.4 Å². The lowest BCUT2D eigenvalue weighted by Gasteiger charge is -2.14. The Morgan fingerprint density at radius 3 is 2.16 bits per heavy atom. The molecule has 1 fully saturated rings. The van der Waals surface area contributed by atoms with Crippen LogP contribution in [0.25, 0.3) is 16.9 Å². The van der Waals surface area contributed by atoms with Crippen LogP contribution in [-0.2, 0) is 16.0 Å². The van der Waals surface area contributed by atoms with E-state index in [1.807, 2.05) is 54.6 Å². The van der Waals surface area contributed by atoms with Crippen molar-refractivity contribution < 1.29 is 19.1 Å². The maximum absolute atomic E-state index is 12.7. The van der Waals surface area contributed by atoms with Crippen LogP contribution in [0.1, 0.15) is 39.3 Å². The smallest absolute Gasteiger partial charge is 0.357 e. The van der Waals surface area contributed by atoms with Gasteiger partial charge in [0.25, 0.3) is 0 Å². The molecule has 1 saturated heterocycles. The fraction of sp³-hybridized carbons (Fsp3) is 0.292.